The number of ether oxygens (including phenoxy) is 1. The number of rotatable bonds is 6. The average molecular weight is 265 g/mol. The van der Waals surface area contributed by atoms with Crippen molar-refractivity contribution in [3.8, 4) is 0 Å². The van der Waals surface area contributed by atoms with Gasteiger partial charge in [0.15, 0.2) is 0 Å². The maximum absolute atomic E-state index is 11.4. The molecular weight excluding hydrogens is 250 g/mol. The Morgan fingerprint density at radius 1 is 1.26 bits per heavy atom. The monoisotopic (exact) mass is 265 g/mol. The van der Waals surface area contributed by atoms with Gasteiger partial charge in [0, 0.05) is 0 Å². The van der Waals surface area contributed by atoms with E-state index in [0.29, 0.717) is 0 Å². The first-order valence-corrected chi connectivity index (χ1v) is 5.79. The fraction of sp³-hybridized carbons (Fsp3) is 0.308. The first kappa shape index (κ1) is 14.7. The topological polar surface area (TPSA) is 92.7 Å². The summed E-state index contributed by atoms with van der Waals surface area (Å²) in [6, 6.07) is 7.95. The van der Waals surface area contributed by atoms with Crippen molar-refractivity contribution in [2.24, 2.45) is 0 Å². The van der Waals surface area contributed by atoms with E-state index in [1.807, 2.05) is 6.07 Å². The van der Waals surface area contributed by atoms with E-state index in [-0.39, 0.29) is 13.0 Å². The van der Waals surface area contributed by atoms with Crippen LogP contribution in [-0.2, 0) is 20.9 Å². The van der Waals surface area contributed by atoms with Crippen LogP contribution in [0.5, 0.6) is 0 Å². The lowest BCUT2D eigenvalue weighted by Gasteiger charge is -2.13. The summed E-state index contributed by atoms with van der Waals surface area (Å²) in [7, 11) is 0. The third kappa shape index (κ3) is 4.79. The Morgan fingerprint density at radius 3 is 2.42 bits per heavy atom. The number of alkyl carbamates (subject to hydrolysis) is 1. The van der Waals surface area contributed by atoms with Gasteiger partial charge in [0.1, 0.15) is 12.6 Å². The van der Waals surface area contributed by atoms with Gasteiger partial charge in [-0.05, 0) is 12.0 Å². The van der Waals surface area contributed by atoms with E-state index in [1.54, 1.807) is 31.2 Å². The van der Waals surface area contributed by atoms with Crippen molar-refractivity contribution in [1.82, 2.24) is 5.32 Å². The second kappa shape index (κ2) is 7.15. The van der Waals surface area contributed by atoms with Gasteiger partial charge >= 0.3 is 12.1 Å². The number of hydrogen-bond donors (Lipinski definition) is 2. The average Bonchev–Trinajstić information content (AvgIpc) is 2.42. The third-order valence-corrected chi connectivity index (χ3v) is 2.44. The highest BCUT2D eigenvalue weighted by Crippen LogP contribution is 2.01. The zero-order valence-corrected chi connectivity index (χ0v) is 10.5. The van der Waals surface area contributed by atoms with Gasteiger partial charge in [0.25, 0.3) is 5.78 Å². The van der Waals surface area contributed by atoms with E-state index in [0.717, 1.165) is 5.56 Å². The summed E-state index contributed by atoms with van der Waals surface area (Å²) in [5.41, 5.74) is 0.801. The number of Topliss-reactive ketones (excluding diaryl/α,β-unsaturated/α-hetero) is 1. The predicted molar refractivity (Wildman–Crippen MR) is 66.5 cm³/mol. The van der Waals surface area contributed by atoms with Crippen LogP contribution in [0.2, 0.25) is 0 Å². The lowest BCUT2D eigenvalue weighted by atomic mass is 10.1. The molecule has 102 valence electrons. The molecule has 0 aromatic heterocycles. The van der Waals surface area contributed by atoms with Gasteiger partial charge in [-0.1, -0.05) is 37.3 Å². The van der Waals surface area contributed by atoms with E-state index in [9.17, 15) is 14.4 Å². The van der Waals surface area contributed by atoms with Crippen LogP contribution >= 0.6 is 0 Å². The molecule has 0 aliphatic heterocycles. The molecule has 0 aliphatic rings. The van der Waals surface area contributed by atoms with E-state index in [4.69, 9.17) is 9.84 Å². The number of carbonyl (C=O) groups excluding carboxylic acids is 2. The molecular formula is C13H15NO5. The molecule has 0 unspecified atom stereocenters. The lowest BCUT2D eigenvalue weighted by Crippen LogP contribution is -2.43. The van der Waals surface area contributed by atoms with Gasteiger partial charge in [0.2, 0.25) is 0 Å². The quantitative estimate of drug-likeness (QED) is 0.757. The molecule has 1 atom stereocenters. The van der Waals surface area contributed by atoms with Crippen LogP contribution in [0.25, 0.3) is 0 Å². The molecule has 1 aromatic rings. The molecule has 0 radical (unpaired) electrons. The number of hydrogen-bond acceptors (Lipinski definition) is 4. The summed E-state index contributed by atoms with van der Waals surface area (Å²) in [6.07, 6.45) is -0.628. The number of carboxylic acids is 1. The number of amides is 1. The van der Waals surface area contributed by atoms with Crippen LogP contribution in [0, 0.1) is 0 Å². The maximum Gasteiger partial charge on any atom is 0.408 e. The second-order valence-electron chi connectivity index (χ2n) is 3.84. The zero-order valence-electron chi connectivity index (χ0n) is 10.5. The van der Waals surface area contributed by atoms with E-state index in [2.05, 4.69) is 5.32 Å². The molecule has 0 heterocycles. The molecule has 19 heavy (non-hydrogen) atoms. The number of nitrogens with one attached hydrogen (secondary N) is 1. The summed E-state index contributed by atoms with van der Waals surface area (Å²) < 4.78 is 4.90. The molecule has 0 spiro atoms. The van der Waals surface area contributed by atoms with Gasteiger partial charge in [-0.3, -0.25) is 4.79 Å². The highest BCUT2D eigenvalue weighted by atomic mass is 16.5. The Labute approximate surface area is 110 Å². The Hall–Kier alpha value is -2.37. The molecule has 0 saturated carbocycles. The van der Waals surface area contributed by atoms with Crippen molar-refractivity contribution >= 4 is 17.8 Å². The first-order chi connectivity index (χ1) is 9.04. The molecule has 6 nitrogen and oxygen atoms in total. The predicted octanol–water partition coefficient (Wildman–Crippen LogP) is 1.35. The molecule has 1 rings (SSSR count). The lowest BCUT2D eigenvalue weighted by molar-refractivity contribution is -0.150. The minimum Gasteiger partial charge on any atom is -0.475 e. The molecule has 2 N–H and O–H groups in total. The van der Waals surface area contributed by atoms with Crippen molar-refractivity contribution in [1.29, 1.82) is 0 Å². The zero-order chi connectivity index (χ0) is 14.3. The van der Waals surface area contributed by atoms with E-state index in [1.165, 1.54) is 0 Å². The fourth-order valence-corrected chi connectivity index (χ4v) is 1.41. The number of carbonyl (C=O) groups is 3. The summed E-state index contributed by atoms with van der Waals surface area (Å²) in [5, 5.41) is 10.8. The highest BCUT2D eigenvalue weighted by molar-refractivity contribution is 6.35. The fourth-order valence-electron chi connectivity index (χ4n) is 1.41. The normalized spacial score (nSPS) is 11.4. The standard InChI is InChI=1S/C13H15NO5/c1-2-10(11(15)12(16)17)14-13(18)19-8-9-6-4-3-5-7-9/h3-7,10H,2,8H2,1H3,(H,14,18)(H,16,17)/t10-/m0/s1. The van der Waals surface area contributed by atoms with E-state index < -0.39 is 23.9 Å². The van der Waals surface area contributed by atoms with Crippen LogP contribution in [0.3, 0.4) is 0 Å². The maximum atomic E-state index is 11.4. The second-order valence-corrected chi connectivity index (χ2v) is 3.84. The Bertz CT molecular complexity index is 457. The minimum absolute atomic E-state index is 0.0599. The summed E-state index contributed by atoms with van der Waals surface area (Å²) in [6.45, 7) is 1.66. The molecule has 0 saturated heterocycles. The number of benzene rings is 1. The summed E-state index contributed by atoms with van der Waals surface area (Å²) in [4.78, 5) is 33.2. The Kier molecular flexibility index (Phi) is 5.53. The van der Waals surface area contributed by atoms with Crippen LogP contribution < -0.4 is 5.32 Å². The first-order valence-electron chi connectivity index (χ1n) is 5.79. The van der Waals surface area contributed by atoms with Gasteiger partial charge in [-0.15, -0.1) is 0 Å². The van der Waals surface area contributed by atoms with Crippen molar-refractivity contribution in [3.05, 3.63) is 35.9 Å². The molecule has 0 aliphatic carbocycles. The third-order valence-electron chi connectivity index (χ3n) is 2.44. The largest absolute Gasteiger partial charge is 0.475 e. The van der Waals surface area contributed by atoms with Crippen molar-refractivity contribution < 1.29 is 24.2 Å². The van der Waals surface area contributed by atoms with Crippen molar-refractivity contribution in [2.75, 3.05) is 0 Å². The number of ketones is 1. The summed E-state index contributed by atoms with van der Waals surface area (Å²) in [5.74, 6) is -2.63. The Morgan fingerprint density at radius 2 is 1.89 bits per heavy atom. The van der Waals surface area contributed by atoms with Crippen molar-refractivity contribution in [3.63, 3.8) is 0 Å². The number of carboxylic acid groups (broad SMARTS) is 1. The minimum atomic E-state index is -1.57. The van der Waals surface area contributed by atoms with Crippen molar-refractivity contribution in [2.45, 2.75) is 26.0 Å². The molecule has 6 heteroatoms. The molecule has 0 bridgehead atoms. The molecule has 0 fully saturated rings. The molecule has 1 amide bonds. The molecule has 1 aromatic carbocycles. The van der Waals surface area contributed by atoms with Gasteiger partial charge in [0.05, 0.1) is 0 Å². The van der Waals surface area contributed by atoms with Crippen LogP contribution in [0.4, 0.5) is 4.79 Å². The van der Waals surface area contributed by atoms with E-state index >= 15 is 0 Å². The smallest absolute Gasteiger partial charge is 0.408 e. The van der Waals surface area contributed by atoms with Gasteiger partial charge in [-0.2, -0.15) is 0 Å². The Balaban J connectivity index is 2.46. The van der Waals surface area contributed by atoms with Gasteiger partial charge in [-0.25, -0.2) is 9.59 Å². The summed E-state index contributed by atoms with van der Waals surface area (Å²) >= 11 is 0. The van der Waals surface area contributed by atoms with Gasteiger partial charge < -0.3 is 15.2 Å². The number of aliphatic carboxylic acids is 1. The SMILES string of the molecule is CC[C@H](NC(=O)OCc1ccccc1)C(=O)C(=O)O. The van der Waals surface area contributed by atoms with Crippen LogP contribution in [0.1, 0.15) is 18.9 Å². The van der Waals surface area contributed by atoms with Crippen LogP contribution in [-0.4, -0.2) is 29.0 Å². The highest BCUT2D eigenvalue weighted by Gasteiger charge is 2.25. The van der Waals surface area contributed by atoms with Crippen LogP contribution in [0.15, 0.2) is 30.3 Å².